The molecular weight excluding hydrogens is 316 g/mol. The van der Waals surface area contributed by atoms with Gasteiger partial charge in [-0.1, -0.05) is 29.8 Å². The SMILES string of the molecule is Cc1ccc(CNS(=O)(=O)[C@@H]2CON(C)[C@H]2c2ccco2)cc1. The van der Waals surface area contributed by atoms with Crippen molar-refractivity contribution >= 4 is 10.0 Å². The van der Waals surface area contributed by atoms with Crippen molar-refractivity contribution in [2.45, 2.75) is 24.8 Å². The van der Waals surface area contributed by atoms with Crippen LogP contribution < -0.4 is 4.72 Å². The first-order chi connectivity index (χ1) is 11.0. The van der Waals surface area contributed by atoms with Gasteiger partial charge in [0, 0.05) is 13.6 Å². The number of aryl methyl sites for hydroxylation is 1. The summed E-state index contributed by atoms with van der Waals surface area (Å²) in [4.78, 5) is 5.41. The van der Waals surface area contributed by atoms with Gasteiger partial charge >= 0.3 is 0 Å². The minimum absolute atomic E-state index is 0.102. The van der Waals surface area contributed by atoms with Crippen LogP contribution in [0.2, 0.25) is 0 Å². The third-order valence-electron chi connectivity index (χ3n) is 4.02. The van der Waals surface area contributed by atoms with Gasteiger partial charge in [0.1, 0.15) is 17.1 Å². The molecule has 1 fully saturated rings. The molecule has 0 unspecified atom stereocenters. The molecule has 1 aromatic carbocycles. The van der Waals surface area contributed by atoms with Crippen LogP contribution in [-0.4, -0.2) is 32.4 Å². The van der Waals surface area contributed by atoms with E-state index >= 15 is 0 Å². The zero-order valence-corrected chi connectivity index (χ0v) is 13.9. The van der Waals surface area contributed by atoms with Crippen LogP contribution in [-0.2, 0) is 21.4 Å². The summed E-state index contributed by atoms with van der Waals surface area (Å²) in [5.74, 6) is 0.579. The Hall–Kier alpha value is -1.67. The lowest BCUT2D eigenvalue weighted by Gasteiger charge is -2.20. The molecule has 2 aromatic rings. The predicted molar refractivity (Wildman–Crippen MR) is 85.9 cm³/mol. The highest BCUT2D eigenvalue weighted by atomic mass is 32.2. The first kappa shape index (κ1) is 16.2. The molecule has 7 heteroatoms. The van der Waals surface area contributed by atoms with E-state index in [1.807, 2.05) is 31.2 Å². The Labute approximate surface area is 136 Å². The molecule has 0 bridgehead atoms. The molecule has 124 valence electrons. The summed E-state index contributed by atoms with van der Waals surface area (Å²) >= 11 is 0. The largest absolute Gasteiger partial charge is 0.468 e. The van der Waals surface area contributed by atoms with Crippen molar-refractivity contribution in [1.29, 1.82) is 0 Å². The molecule has 0 aliphatic carbocycles. The van der Waals surface area contributed by atoms with Crippen molar-refractivity contribution in [3.63, 3.8) is 0 Å². The fraction of sp³-hybridized carbons (Fsp3) is 0.375. The second-order valence-corrected chi connectivity index (χ2v) is 7.68. The summed E-state index contributed by atoms with van der Waals surface area (Å²) < 4.78 is 33.4. The van der Waals surface area contributed by atoms with Crippen LogP contribution in [0.25, 0.3) is 0 Å². The average Bonchev–Trinajstić information content (AvgIpc) is 3.16. The zero-order valence-electron chi connectivity index (χ0n) is 13.1. The van der Waals surface area contributed by atoms with Crippen LogP contribution in [0.5, 0.6) is 0 Å². The van der Waals surface area contributed by atoms with E-state index in [1.165, 1.54) is 11.3 Å². The first-order valence-corrected chi connectivity index (χ1v) is 8.95. The molecule has 0 spiro atoms. The number of hydrogen-bond acceptors (Lipinski definition) is 5. The number of nitrogens with one attached hydrogen (secondary N) is 1. The second-order valence-electron chi connectivity index (χ2n) is 5.69. The lowest BCUT2D eigenvalue weighted by Crippen LogP contribution is -2.38. The molecule has 0 amide bonds. The van der Waals surface area contributed by atoms with E-state index in [2.05, 4.69) is 4.72 Å². The van der Waals surface area contributed by atoms with E-state index in [9.17, 15) is 8.42 Å². The van der Waals surface area contributed by atoms with E-state index in [4.69, 9.17) is 9.25 Å². The van der Waals surface area contributed by atoms with Crippen LogP contribution in [0.4, 0.5) is 0 Å². The van der Waals surface area contributed by atoms with E-state index in [-0.39, 0.29) is 13.2 Å². The van der Waals surface area contributed by atoms with Crippen LogP contribution in [0.1, 0.15) is 22.9 Å². The fourth-order valence-corrected chi connectivity index (χ4v) is 4.14. The Bertz CT molecular complexity index is 741. The summed E-state index contributed by atoms with van der Waals surface area (Å²) in [5, 5.41) is 0.818. The van der Waals surface area contributed by atoms with Crippen molar-refractivity contribution < 1.29 is 17.7 Å². The summed E-state index contributed by atoms with van der Waals surface area (Å²) in [7, 11) is -1.84. The van der Waals surface area contributed by atoms with Crippen LogP contribution >= 0.6 is 0 Å². The highest BCUT2D eigenvalue weighted by molar-refractivity contribution is 7.90. The maximum absolute atomic E-state index is 12.7. The molecule has 6 nitrogen and oxygen atoms in total. The molecule has 1 aliphatic heterocycles. The lowest BCUT2D eigenvalue weighted by atomic mass is 10.2. The molecule has 23 heavy (non-hydrogen) atoms. The van der Waals surface area contributed by atoms with Crippen molar-refractivity contribution in [2.24, 2.45) is 0 Å². The van der Waals surface area contributed by atoms with Crippen molar-refractivity contribution in [2.75, 3.05) is 13.7 Å². The normalized spacial score (nSPS) is 22.5. The fourth-order valence-electron chi connectivity index (χ4n) is 2.67. The van der Waals surface area contributed by atoms with Crippen molar-refractivity contribution in [3.8, 4) is 0 Å². The highest BCUT2D eigenvalue weighted by Gasteiger charge is 2.44. The van der Waals surface area contributed by atoms with Gasteiger partial charge in [0.25, 0.3) is 0 Å². The molecule has 0 radical (unpaired) electrons. The Balaban J connectivity index is 1.74. The van der Waals surface area contributed by atoms with Gasteiger partial charge in [-0.3, -0.25) is 4.84 Å². The van der Waals surface area contributed by atoms with E-state index in [1.54, 1.807) is 19.2 Å². The van der Waals surface area contributed by atoms with Gasteiger partial charge in [-0.15, -0.1) is 0 Å². The van der Waals surface area contributed by atoms with Gasteiger partial charge in [0.15, 0.2) is 0 Å². The number of nitrogens with zero attached hydrogens (tertiary/aromatic N) is 1. The summed E-state index contributed by atoms with van der Waals surface area (Å²) in [6.07, 6.45) is 1.53. The molecule has 2 heterocycles. The van der Waals surface area contributed by atoms with Gasteiger partial charge in [-0.05, 0) is 24.6 Å². The monoisotopic (exact) mass is 336 g/mol. The number of hydrogen-bond donors (Lipinski definition) is 1. The Morgan fingerprint density at radius 1 is 1.26 bits per heavy atom. The maximum atomic E-state index is 12.7. The molecular formula is C16H20N2O4S. The molecule has 3 rings (SSSR count). The molecule has 1 N–H and O–H groups in total. The second kappa shape index (κ2) is 6.45. The highest BCUT2D eigenvalue weighted by Crippen LogP contribution is 2.33. The standard InChI is InChI=1S/C16H20N2O4S/c1-12-5-7-13(8-6-12)10-17-23(19,20)15-11-22-18(2)16(15)14-4-3-9-21-14/h3-9,15-17H,10-11H2,1-2H3/t15-,16+/m1/s1. The molecule has 1 aliphatic rings. The first-order valence-electron chi connectivity index (χ1n) is 7.40. The number of furan rings is 1. The Kier molecular flexibility index (Phi) is 4.54. The number of rotatable bonds is 5. The van der Waals surface area contributed by atoms with Gasteiger partial charge in [0.2, 0.25) is 10.0 Å². The Morgan fingerprint density at radius 2 is 2.00 bits per heavy atom. The van der Waals surface area contributed by atoms with Crippen molar-refractivity contribution in [1.82, 2.24) is 9.79 Å². The average molecular weight is 336 g/mol. The van der Waals surface area contributed by atoms with Gasteiger partial charge in [-0.2, -0.15) is 5.06 Å². The van der Waals surface area contributed by atoms with Crippen LogP contribution in [0, 0.1) is 6.92 Å². The number of benzene rings is 1. The molecule has 0 saturated carbocycles. The number of sulfonamides is 1. The van der Waals surface area contributed by atoms with Crippen LogP contribution in [0.3, 0.4) is 0 Å². The third-order valence-corrected chi connectivity index (χ3v) is 5.76. The number of hydroxylamine groups is 2. The van der Waals surface area contributed by atoms with E-state index in [0.717, 1.165) is 11.1 Å². The predicted octanol–water partition coefficient (Wildman–Crippen LogP) is 1.99. The quantitative estimate of drug-likeness (QED) is 0.904. The summed E-state index contributed by atoms with van der Waals surface area (Å²) in [5.41, 5.74) is 2.06. The topological polar surface area (TPSA) is 71.8 Å². The molecule has 2 atom stereocenters. The van der Waals surface area contributed by atoms with E-state index in [0.29, 0.717) is 5.76 Å². The van der Waals surface area contributed by atoms with Gasteiger partial charge in [-0.25, -0.2) is 13.1 Å². The Morgan fingerprint density at radius 3 is 2.65 bits per heavy atom. The summed E-state index contributed by atoms with van der Waals surface area (Å²) in [6, 6.07) is 10.8. The maximum Gasteiger partial charge on any atom is 0.219 e. The smallest absolute Gasteiger partial charge is 0.219 e. The van der Waals surface area contributed by atoms with Crippen molar-refractivity contribution in [3.05, 3.63) is 59.5 Å². The minimum atomic E-state index is -3.55. The molecule has 1 aromatic heterocycles. The zero-order chi connectivity index (χ0) is 16.4. The molecule has 1 saturated heterocycles. The third kappa shape index (κ3) is 3.48. The minimum Gasteiger partial charge on any atom is -0.468 e. The van der Waals surface area contributed by atoms with Crippen LogP contribution in [0.15, 0.2) is 47.1 Å². The van der Waals surface area contributed by atoms with E-state index < -0.39 is 21.3 Å². The lowest BCUT2D eigenvalue weighted by molar-refractivity contribution is -0.113. The summed E-state index contributed by atoms with van der Waals surface area (Å²) in [6.45, 7) is 2.35. The van der Waals surface area contributed by atoms with Gasteiger partial charge < -0.3 is 4.42 Å². The van der Waals surface area contributed by atoms with Gasteiger partial charge in [0.05, 0.1) is 12.9 Å².